The molecule has 0 amide bonds. The Bertz CT molecular complexity index is 1170. The maximum atomic E-state index is 12.7. The quantitative estimate of drug-likeness (QED) is 0.263. The molecular formula is C19H18O11. The first kappa shape index (κ1) is 20.2. The zero-order chi connectivity index (χ0) is 21.7. The van der Waals surface area contributed by atoms with Crippen LogP contribution in [-0.2, 0) is 4.74 Å². The van der Waals surface area contributed by atoms with Crippen LogP contribution in [0.25, 0.3) is 21.9 Å². The number of ether oxygens (including phenoxy) is 2. The van der Waals surface area contributed by atoms with Crippen LogP contribution in [0.3, 0.4) is 0 Å². The summed E-state index contributed by atoms with van der Waals surface area (Å²) in [6, 6.07) is 4.24. The van der Waals surface area contributed by atoms with Crippen molar-refractivity contribution in [2.45, 2.75) is 30.7 Å². The van der Waals surface area contributed by atoms with Crippen molar-refractivity contribution in [2.24, 2.45) is 0 Å². The van der Waals surface area contributed by atoms with E-state index in [1.807, 2.05) is 0 Å². The van der Waals surface area contributed by atoms with Gasteiger partial charge >= 0.3 is 0 Å². The van der Waals surface area contributed by atoms with Crippen LogP contribution >= 0.6 is 0 Å². The number of fused-ring (bicyclic) bond motifs is 2. The largest absolute Gasteiger partial charge is 0.508 e. The summed E-state index contributed by atoms with van der Waals surface area (Å²) < 4.78 is 16.2. The fraction of sp³-hybridized carbons (Fsp3) is 0.316. The van der Waals surface area contributed by atoms with E-state index in [2.05, 4.69) is 0 Å². The maximum absolute atomic E-state index is 12.7. The van der Waals surface area contributed by atoms with E-state index in [1.54, 1.807) is 0 Å². The Labute approximate surface area is 167 Å². The predicted octanol–water partition coefficient (Wildman–Crippen LogP) is -0.758. The van der Waals surface area contributed by atoms with E-state index in [0.717, 1.165) is 24.3 Å². The molecular weight excluding hydrogens is 404 g/mol. The number of benzene rings is 2. The fourth-order valence-electron chi connectivity index (χ4n) is 3.34. The zero-order valence-electron chi connectivity index (χ0n) is 15.2. The molecule has 1 aliphatic rings. The number of aromatic hydroxyl groups is 3. The molecule has 3 aromatic rings. The lowest BCUT2D eigenvalue weighted by atomic mass is 9.99. The Morgan fingerprint density at radius 3 is 2.33 bits per heavy atom. The van der Waals surface area contributed by atoms with Crippen molar-refractivity contribution < 1.29 is 49.6 Å². The van der Waals surface area contributed by atoms with Gasteiger partial charge in [0.15, 0.2) is 11.5 Å². The second kappa shape index (κ2) is 7.31. The van der Waals surface area contributed by atoms with Crippen LogP contribution in [-0.4, -0.2) is 73.1 Å². The highest BCUT2D eigenvalue weighted by Gasteiger charge is 2.45. The molecule has 1 aliphatic heterocycles. The topological polar surface area (TPSA) is 190 Å². The summed E-state index contributed by atoms with van der Waals surface area (Å²) in [4.78, 5) is 12.7. The molecule has 0 radical (unpaired) electrons. The van der Waals surface area contributed by atoms with Gasteiger partial charge in [-0.15, -0.1) is 0 Å². The first-order valence-corrected chi connectivity index (χ1v) is 8.84. The van der Waals surface area contributed by atoms with E-state index >= 15 is 0 Å². The Hall–Kier alpha value is -3.09. The third-order valence-electron chi connectivity index (χ3n) is 4.91. The SMILES string of the molecule is O=c1c2cc(O)c(O[C@H]3O[C@@H](CO)[C@H](O)[C@H](O)[C@@H]3O)cc2oc2cc(O)cc(O)c12. The van der Waals surface area contributed by atoms with Gasteiger partial charge in [-0.3, -0.25) is 4.79 Å². The molecule has 0 bridgehead atoms. The number of hydrogen-bond acceptors (Lipinski definition) is 11. The monoisotopic (exact) mass is 422 g/mol. The molecule has 0 saturated carbocycles. The second-order valence-corrected chi connectivity index (χ2v) is 6.90. The summed E-state index contributed by atoms with van der Waals surface area (Å²) in [5, 5.41) is 68.5. The van der Waals surface area contributed by atoms with Crippen LogP contribution in [0.2, 0.25) is 0 Å². The Kier molecular flexibility index (Phi) is 4.92. The van der Waals surface area contributed by atoms with Gasteiger partial charge in [0.2, 0.25) is 11.7 Å². The normalized spacial score (nSPS) is 26.9. The number of aliphatic hydroxyl groups excluding tert-OH is 4. The first-order valence-electron chi connectivity index (χ1n) is 8.84. The summed E-state index contributed by atoms with van der Waals surface area (Å²) >= 11 is 0. The molecule has 160 valence electrons. The molecule has 1 saturated heterocycles. The molecule has 1 fully saturated rings. The van der Waals surface area contributed by atoms with Gasteiger partial charge in [0.05, 0.1) is 12.0 Å². The Morgan fingerprint density at radius 1 is 0.900 bits per heavy atom. The second-order valence-electron chi connectivity index (χ2n) is 6.90. The zero-order valence-corrected chi connectivity index (χ0v) is 15.2. The van der Waals surface area contributed by atoms with Crippen LogP contribution in [0.1, 0.15) is 0 Å². The average Bonchev–Trinajstić information content (AvgIpc) is 2.69. The summed E-state index contributed by atoms with van der Waals surface area (Å²) in [6.07, 6.45) is -7.76. The highest BCUT2D eigenvalue weighted by atomic mass is 16.7. The minimum Gasteiger partial charge on any atom is -0.508 e. The number of phenolic OH excluding ortho intramolecular Hbond substituents is 3. The van der Waals surface area contributed by atoms with Gasteiger partial charge in [-0.25, -0.2) is 0 Å². The lowest BCUT2D eigenvalue weighted by Crippen LogP contribution is -2.60. The minimum absolute atomic E-state index is 0.0742. The molecule has 11 heteroatoms. The highest BCUT2D eigenvalue weighted by molar-refractivity contribution is 5.94. The number of hydrogen-bond donors (Lipinski definition) is 7. The van der Waals surface area contributed by atoms with Gasteiger partial charge in [0.1, 0.15) is 52.5 Å². The van der Waals surface area contributed by atoms with Gasteiger partial charge < -0.3 is 49.6 Å². The van der Waals surface area contributed by atoms with Gasteiger partial charge in [-0.05, 0) is 6.07 Å². The average molecular weight is 422 g/mol. The summed E-state index contributed by atoms with van der Waals surface area (Å²) in [7, 11) is 0. The summed E-state index contributed by atoms with van der Waals surface area (Å²) in [5.41, 5.74) is -0.859. The third kappa shape index (κ3) is 3.18. The van der Waals surface area contributed by atoms with Crippen molar-refractivity contribution in [1.29, 1.82) is 0 Å². The number of aliphatic hydroxyl groups is 4. The molecule has 0 unspecified atom stereocenters. The molecule has 30 heavy (non-hydrogen) atoms. The van der Waals surface area contributed by atoms with E-state index in [-0.39, 0.29) is 33.4 Å². The summed E-state index contributed by atoms with van der Waals surface area (Å²) in [6.45, 7) is -0.664. The first-order chi connectivity index (χ1) is 14.2. The Balaban J connectivity index is 1.78. The maximum Gasteiger partial charge on any atom is 0.229 e. The van der Waals surface area contributed by atoms with E-state index in [9.17, 15) is 40.5 Å². The lowest BCUT2D eigenvalue weighted by Gasteiger charge is -2.39. The minimum atomic E-state index is -1.71. The van der Waals surface area contributed by atoms with Crippen LogP contribution in [0.5, 0.6) is 23.0 Å². The van der Waals surface area contributed by atoms with Crippen LogP contribution < -0.4 is 10.2 Å². The van der Waals surface area contributed by atoms with E-state index in [4.69, 9.17) is 13.9 Å². The molecule has 5 atom stereocenters. The van der Waals surface area contributed by atoms with Crippen LogP contribution in [0.15, 0.2) is 33.5 Å². The van der Waals surface area contributed by atoms with Crippen molar-refractivity contribution in [2.75, 3.05) is 6.61 Å². The molecule has 7 N–H and O–H groups in total. The molecule has 1 aromatic heterocycles. The van der Waals surface area contributed by atoms with E-state index in [1.165, 1.54) is 0 Å². The molecule has 2 aromatic carbocycles. The predicted molar refractivity (Wildman–Crippen MR) is 99.4 cm³/mol. The van der Waals surface area contributed by atoms with Gasteiger partial charge in [0, 0.05) is 18.2 Å². The smallest absolute Gasteiger partial charge is 0.229 e. The van der Waals surface area contributed by atoms with Crippen molar-refractivity contribution in [3.63, 3.8) is 0 Å². The highest BCUT2D eigenvalue weighted by Crippen LogP contribution is 2.36. The molecule has 0 aliphatic carbocycles. The Morgan fingerprint density at radius 2 is 1.63 bits per heavy atom. The molecule has 4 rings (SSSR count). The molecule has 2 heterocycles. The lowest BCUT2D eigenvalue weighted by molar-refractivity contribution is -0.277. The summed E-state index contributed by atoms with van der Waals surface area (Å²) in [5.74, 6) is -1.66. The van der Waals surface area contributed by atoms with E-state index in [0.29, 0.717) is 0 Å². The third-order valence-corrected chi connectivity index (χ3v) is 4.91. The molecule has 11 nitrogen and oxygen atoms in total. The fourth-order valence-corrected chi connectivity index (χ4v) is 3.34. The van der Waals surface area contributed by atoms with Gasteiger partial charge in [0.25, 0.3) is 0 Å². The van der Waals surface area contributed by atoms with Crippen molar-refractivity contribution in [1.82, 2.24) is 0 Å². The molecule has 0 spiro atoms. The van der Waals surface area contributed by atoms with Crippen LogP contribution in [0, 0.1) is 0 Å². The standard InChI is InChI=1S/C19H18O11/c20-5-13-16(25)17(26)18(27)19(30-13)29-11-4-10-7(3-8(11)22)15(24)14-9(23)1-6(21)2-12(14)28-10/h1-4,13,16-23,25-27H,5H2/t13-,16-,17-,18-,19-/m0/s1. The van der Waals surface area contributed by atoms with Crippen molar-refractivity contribution in [3.8, 4) is 23.0 Å². The van der Waals surface area contributed by atoms with E-state index < -0.39 is 54.2 Å². The van der Waals surface area contributed by atoms with Gasteiger partial charge in [-0.2, -0.15) is 0 Å². The van der Waals surface area contributed by atoms with Crippen molar-refractivity contribution in [3.05, 3.63) is 34.5 Å². The van der Waals surface area contributed by atoms with Crippen LogP contribution in [0.4, 0.5) is 0 Å². The van der Waals surface area contributed by atoms with Crippen molar-refractivity contribution >= 4 is 21.9 Å². The van der Waals surface area contributed by atoms with Gasteiger partial charge in [-0.1, -0.05) is 0 Å². The number of rotatable bonds is 3. The number of phenols is 3.